The number of aliphatic hydroxyl groups excluding tert-OH is 1. The van der Waals surface area contributed by atoms with Gasteiger partial charge < -0.3 is 9.84 Å². The smallest absolute Gasteiger partial charge is 0.241 e. The lowest BCUT2D eigenvalue weighted by atomic mass is 9.90. The quantitative estimate of drug-likeness (QED) is 0.726. The molecule has 1 aromatic carbocycles. The lowest BCUT2D eigenvalue weighted by molar-refractivity contribution is 0.153. The molecule has 0 saturated heterocycles. The van der Waals surface area contributed by atoms with Crippen molar-refractivity contribution in [3.63, 3.8) is 0 Å². The summed E-state index contributed by atoms with van der Waals surface area (Å²) in [6.07, 6.45) is 0.754. The van der Waals surface area contributed by atoms with Crippen molar-refractivity contribution < 1.29 is 18.3 Å². The molecule has 0 radical (unpaired) electrons. The fourth-order valence-electron chi connectivity index (χ4n) is 1.69. The average Bonchev–Trinajstić information content (AvgIpc) is 2.44. The summed E-state index contributed by atoms with van der Waals surface area (Å²) in [5, 5.41) is 9.13. The fraction of sp³-hybridized carbons (Fsp3) is 0.571. The van der Waals surface area contributed by atoms with Crippen LogP contribution in [-0.4, -0.2) is 33.8 Å². The standard InChI is InChI=1S/C14H22BrNO4S/c1-14(2,6-7-20-3)10-16-21(18,19)13-8-11(9-17)4-5-12(13)15/h4-5,8,16-17H,6-7,9-10H2,1-3H3. The maximum atomic E-state index is 12.4. The zero-order valence-corrected chi connectivity index (χ0v) is 14.9. The van der Waals surface area contributed by atoms with E-state index in [0.717, 1.165) is 6.42 Å². The highest BCUT2D eigenvalue weighted by Gasteiger charge is 2.23. The predicted octanol–water partition coefficient (Wildman–Crippen LogP) is 2.28. The third kappa shape index (κ3) is 5.67. The number of hydrogen-bond acceptors (Lipinski definition) is 4. The largest absolute Gasteiger partial charge is 0.392 e. The van der Waals surface area contributed by atoms with Crippen molar-refractivity contribution in [2.75, 3.05) is 20.3 Å². The van der Waals surface area contributed by atoms with Crippen molar-refractivity contribution in [2.45, 2.75) is 31.8 Å². The Labute approximate surface area is 134 Å². The van der Waals surface area contributed by atoms with Crippen LogP contribution in [0.3, 0.4) is 0 Å². The van der Waals surface area contributed by atoms with E-state index in [-0.39, 0.29) is 16.9 Å². The number of benzene rings is 1. The van der Waals surface area contributed by atoms with Gasteiger partial charge in [0, 0.05) is 24.7 Å². The van der Waals surface area contributed by atoms with Crippen LogP contribution in [0.4, 0.5) is 0 Å². The molecule has 0 spiro atoms. The molecule has 0 atom stereocenters. The molecule has 0 fully saturated rings. The van der Waals surface area contributed by atoms with Crippen LogP contribution >= 0.6 is 15.9 Å². The first-order valence-corrected chi connectivity index (χ1v) is 8.87. The third-order valence-electron chi connectivity index (χ3n) is 3.19. The van der Waals surface area contributed by atoms with E-state index in [1.54, 1.807) is 19.2 Å². The van der Waals surface area contributed by atoms with E-state index in [2.05, 4.69) is 20.7 Å². The Balaban J connectivity index is 2.87. The number of rotatable bonds is 8. The first-order valence-electron chi connectivity index (χ1n) is 6.60. The molecule has 0 heterocycles. The third-order valence-corrected chi connectivity index (χ3v) is 5.59. The number of nitrogens with one attached hydrogen (secondary N) is 1. The van der Waals surface area contributed by atoms with Crippen molar-refractivity contribution in [1.29, 1.82) is 0 Å². The molecule has 0 bridgehead atoms. The van der Waals surface area contributed by atoms with Gasteiger partial charge in [-0.05, 0) is 45.5 Å². The van der Waals surface area contributed by atoms with Crippen LogP contribution in [0.25, 0.3) is 0 Å². The molecular formula is C14H22BrNO4S. The predicted molar refractivity (Wildman–Crippen MR) is 85.5 cm³/mol. The van der Waals surface area contributed by atoms with Crippen LogP contribution in [0.15, 0.2) is 27.6 Å². The highest BCUT2D eigenvalue weighted by Crippen LogP contribution is 2.25. The maximum absolute atomic E-state index is 12.4. The first kappa shape index (κ1) is 18.6. The summed E-state index contributed by atoms with van der Waals surface area (Å²) in [6, 6.07) is 4.76. The Morgan fingerprint density at radius 3 is 2.62 bits per heavy atom. The van der Waals surface area contributed by atoms with Gasteiger partial charge in [0.15, 0.2) is 0 Å². The van der Waals surface area contributed by atoms with Gasteiger partial charge in [0.05, 0.1) is 11.5 Å². The van der Waals surface area contributed by atoms with Gasteiger partial charge >= 0.3 is 0 Å². The Bertz CT molecular complexity index is 572. The second-order valence-electron chi connectivity index (χ2n) is 5.65. The molecule has 0 amide bonds. The van der Waals surface area contributed by atoms with Gasteiger partial charge in [0.2, 0.25) is 10.0 Å². The molecule has 7 heteroatoms. The fourth-order valence-corrected chi connectivity index (χ4v) is 3.94. The highest BCUT2D eigenvalue weighted by molar-refractivity contribution is 9.10. The van der Waals surface area contributed by atoms with Crippen molar-refractivity contribution in [2.24, 2.45) is 5.41 Å². The van der Waals surface area contributed by atoms with E-state index in [1.807, 2.05) is 13.8 Å². The molecule has 1 aromatic rings. The number of hydrogen-bond donors (Lipinski definition) is 2. The van der Waals surface area contributed by atoms with Gasteiger partial charge in [-0.25, -0.2) is 13.1 Å². The van der Waals surface area contributed by atoms with Crippen molar-refractivity contribution in [3.8, 4) is 0 Å². The Morgan fingerprint density at radius 1 is 1.38 bits per heavy atom. The van der Waals surface area contributed by atoms with E-state index in [4.69, 9.17) is 9.84 Å². The normalized spacial score (nSPS) is 12.6. The molecule has 1 rings (SSSR count). The summed E-state index contributed by atoms with van der Waals surface area (Å²) in [5.41, 5.74) is 0.349. The Morgan fingerprint density at radius 2 is 2.05 bits per heavy atom. The molecule has 0 aliphatic carbocycles. The summed E-state index contributed by atoms with van der Waals surface area (Å²) in [5.74, 6) is 0. The molecule has 120 valence electrons. The molecule has 0 aliphatic rings. The van der Waals surface area contributed by atoms with E-state index in [9.17, 15) is 8.42 Å². The van der Waals surface area contributed by atoms with Crippen LogP contribution in [0.5, 0.6) is 0 Å². The number of methoxy groups -OCH3 is 1. The molecule has 5 nitrogen and oxygen atoms in total. The van der Waals surface area contributed by atoms with Crippen molar-refractivity contribution in [1.82, 2.24) is 4.72 Å². The minimum Gasteiger partial charge on any atom is -0.392 e. The van der Waals surface area contributed by atoms with E-state index in [1.165, 1.54) is 6.07 Å². The maximum Gasteiger partial charge on any atom is 0.241 e. The molecule has 21 heavy (non-hydrogen) atoms. The lowest BCUT2D eigenvalue weighted by Gasteiger charge is -2.24. The topological polar surface area (TPSA) is 75.6 Å². The van der Waals surface area contributed by atoms with Crippen LogP contribution in [0.1, 0.15) is 25.8 Å². The van der Waals surface area contributed by atoms with Crippen LogP contribution in [0, 0.1) is 5.41 Å². The first-order chi connectivity index (χ1) is 9.72. The zero-order chi connectivity index (χ0) is 16.1. The van der Waals surface area contributed by atoms with Gasteiger partial charge in [-0.15, -0.1) is 0 Å². The van der Waals surface area contributed by atoms with Crippen LogP contribution in [0.2, 0.25) is 0 Å². The van der Waals surface area contributed by atoms with Gasteiger partial charge in [0.25, 0.3) is 0 Å². The zero-order valence-electron chi connectivity index (χ0n) is 12.5. The lowest BCUT2D eigenvalue weighted by Crippen LogP contribution is -2.34. The molecule has 0 aromatic heterocycles. The van der Waals surface area contributed by atoms with E-state index >= 15 is 0 Å². The number of ether oxygens (including phenoxy) is 1. The summed E-state index contributed by atoms with van der Waals surface area (Å²) in [6.45, 7) is 4.66. The van der Waals surface area contributed by atoms with Crippen molar-refractivity contribution >= 4 is 26.0 Å². The summed E-state index contributed by atoms with van der Waals surface area (Å²) >= 11 is 3.24. The Kier molecular flexibility index (Phi) is 6.80. The minimum absolute atomic E-state index is 0.136. The Hall–Kier alpha value is -0.470. The number of sulfonamides is 1. The molecule has 0 aliphatic heterocycles. The number of halogens is 1. The highest BCUT2D eigenvalue weighted by atomic mass is 79.9. The van der Waals surface area contributed by atoms with Crippen molar-refractivity contribution in [3.05, 3.63) is 28.2 Å². The molecular weight excluding hydrogens is 358 g/mol. The summed E-state index contributed by atoms with van der Waals surface area (Å²) < 4.78 is 32.9. The second kappa shape index (κ2) is 7.69. The minimum atomic E-state index is -3.63. The van der Waals surface area contributed by atoms with Gasteiger partial charge in [-0.1, -0.05) is 19.9 Å². The van der Waals surface area contributed by atoms with Gasteiger partial charge in [-0.2, -0.15) is 0 Å². The average molecular weight is 380 g/mol. The van der Waals surface area contributed by atoms with E-state index in [0.29, 0.717) is 23.2 Å². The number of aliphatic hydroxyl groups is 1. The van der Waals surface area contributed by atoms with Crippen LogP contribution in [-0.2, 0) is 21.4 Å². The van der Waals surface area contributed by atoms with Crippen LogP contribution < -0.4 is 4.72 Å². The molecule has 2 N–H and O–H groups in total. The summed E-state index contributed by atoms with van der Waals surface area (Å²) in [7, 11) is -2.01. The van der Waals surface area contributed by atoms with E-state index < -0.39 is 10.0 Å². The van der Waals surface area contributed by atoms with Gasteiger partial charge in [-0.3, -0.25) is 0 Å². The molecule has 0 saturated carbocycles. The monoisotopic (exact) mass is 379 g/mol. The second-order valence-corrected chi connectivity index (χ2v) is 8.24. The summed E-state index contributed by atoms with van der Waals surface area (Å²) in [4.78, 5) is 0.136. The SMILES string of the molecule is COCCC(C)(C)CNS(=O)(=O)c1cc(CO)ccc1Br. The van der Waals surface area contributed by atoms with Gasteiger partial charge in [0.1, 0.15) is 0 Å². The molecule has 0 unspecified atom stereocenters.